The Hall–Kier alpha value is -1.30. The first kappa shape index (κ1) is 16.6. The summed E-state index contributed by atoms with van der Waals surface area (Å²) in [5.41, 5.74) is 1.82. The van der Waals surface area contributed by atoms with Gasteiger partial charge < -0.3 is 19.9 Å². The second-order valence-corrected chi connectivity index (χ2v) is 6.51. The third-order valence-corrected chi connectivity index (χ3v) is 4.83. The zero-order chi connectivity index (χ0) is 16.2. The molecule has 1 atom stereocenters. The standard InChI is InChI=1S/C17H24ClN3O2/c1-2-20-7-9-21(10-8-20)15-6-5-13(18)12-14(15)19-17(22)16-4-3-11-23-16/h5-6,12,16H,2-4,7-11H2,1H3,(H,19,22). The molecule has 0 aliphatic carbocycles. The van der Waals surface area contributed by atoms with E-state index in [1.165, 1.54) is 0 Å². The summed E-state index contributed by atoms with van der Waals surface area (Å²) in [6.45, 7) is 7.93. The summed E-state index contributed by atoms with van der Waals surface area (Å²) in [6, 6.07) is 5.70. The van der Waals surface area contributed by atoms with E-state index in [1.54, 1.807) is 0 Å². The number of rotatable bonds is 4. The fourth-order valence-corrected chi connectivity index (χ4v) is 3.36. The van der Waals surface area contributed by atoms with Gasteiger partial charge in [0.1, 0.15) is 6.10 Å². The Morgan fingerprint density at radius 3 is 2.78 bits per heavy atom. The number of ether oxygens (including phenoxy) is 1. The van der Waals surface area contributed by atoms with E-state index < -0.39 is 0 Å². The molecule has 1 unspecified atom stereocenters. The fraction of sp³-hybridized carbons (Fsp3) is 0.588. The maximum atomic E-state index is 12.4. The topological polar surface area (TPSA) is 44.8 Å². The third kappa shape index (κ3) is 3.97. The molecule has 1 amide bonds. The molecule has 0 bridgehead atoms. The molecule has 0 spiro atoms. The Morgan fingerprint density at radius 1 is 1.35 bits per heavy atom. The summed E-state index contributed by atoms with van der Waals surface area (Å²) < 4.78 is 5.47. The fourth-order valence-electron chi connectivity index (χ4n) is 3.19. The Balaban J connectivity index is 1.74. The Kier molecular flexibility index (Phi) is 5.41. The molecule has 2 aliphatic rings. The molecule has 126 valence electrons. The van der Waals surface area contributed by atoms with Crippen LogP contribution in [0, 0.1) is 0 Å². The van der Waals surface area contributed by atoms with E-state index in [2.05, 4.69) is 22.0 Å². The molecular weight excluding hydrogens is 314 g/mol. The van der Waals surface area contributed by atoms with Gasteiger partial charge in [0.15, 0.2) is 0 Å². The average molecular weight is 338 g/mol. The molecule has 1 aromatic rings. The summed E-state index contributed by atoms with van der Waals surface area (Å²) in [5, 5.41) is 3.64. The zero-order valence-electron chi connectivity index (χ0n) is 13.6. The predicted octanol–water partition coefficient (Wildman–Crippen LogP) is 2.60. The smallest absolute Gasteiger partial charge is 0.253 e. The van der Waals surface area contributed by atoms with Gasteiger partial charge in [0.25, 0.3) is 5.91 Å². The summed E-state index contributed by atoms with van der Waals surface area (Å²) in [4.78, 5) is 17.1. The number of anilines is 2. The van der Waals surface area contributed by atoms with Gasteiger partial charge in [-0.2, -0.15) is 0 Å². The number of amides is 1. The molecule has 0 saturated carbocycles. The van der Waals surface area contributed by atoms with Gasteiger partial charge in [-0.3, -0.25) is 4.79 Å². The number of hydrogen-bond acceptors (Lipinski definition) is 4. The number of carbonyl (C=O) groups is 1. The molecule has 2 saturated heterocycles. The van der Waals surface area contributed by atoms with Crippen LogP contribution >= 0.6 is 11.6 Å². The lowest BCUT2D eigenvalue weighted by molar-refractivity contribution is -0.124. The van der Waals surface area contributed by atoms with Crippen LogP contribution in [0.3, 0.4) is 0 Å². The first-order chi connectivity index (χ1) is 11.2. The molecule has 1 aromatic carbocycles. The minimum Gasteiger partial charge on any atom is -0.368 e. The largest absolute Gasteiger partial charge is 0.368 e. The van der Waals surface area contributed by atoms with Crippen molar-refractivity contribution in [2.45, 2.75) is 25.9 Å². The van der Waals surface area contributed by atoms with Crippen LogP contribution in [-0.4, -0.2) is 56.2 Å². The molecule has 2 heterocycles. The summed E-state index contributed by atoms with van der Waals surface area (Å²) in [6.07, 6.45) is 1.40. The lowest BCUT2D eigenvalue weighted by Crippen LogP contribution is -2.46. The van der Waals surface area contributed by atoms with Crippen molar-refractivity contribution >= 4 is 28.9 Å². The van der Waals surface area contributed by atoms with Crippen LogP contribution < -0.4 is 10.2 Å². The second kappa shape index (κ2) is 7.51. The highest BCUT2D eigenvalue weighted by Crippen LogP contribution is 2.30. The number of nitrogens with zero attached hydrogens (tertiary/aromatic N) is 2. The van der Waals surface area contributed by atoms with Gasteiger partial charge in [-0.05, 0) is 37.6 Å². The Bertz CT molecular complexity index is 553. The van der Waals surface area contributed by atoms with Crippen LogP contribution in [0.4, 0.5) is 11.4 Å². The molecule has 0 radical (unpaired) electrons. The molecule has 2 fully saturated rings. The minimum atomic E-state index is -0.334. The monoisotopic (exact) mass is 337 g/mol. The van der Waals surface area contributed by atoms with Gasteiger partial charge in [-0.15, -0.1) is 0 Å². The average Bonchev–Trinajstić information content (AvgIpc) is 3.10. The molecular formula is C17H24ClN3O2. The number of piperazine rings is 1. The van der Waals surface area contributed by atoms with E-state index >= 15 is 0 Å². The normalized spacial score (nSPS) is 22.3. The van der Waals surface area contributed by atoms with Crippen molar-refractivity contribution in [2.75, 3.05) is 49.5 Å². The van der Waals surface area contributed by atoms with Crippen LogP contribution in [0.25, 0.3) is 0 Å². The molecule has 23 heavy (non-hydrogen) atoms. The van der Waals surface area contributed by atoms with Gasteiger partial charge in [-0.25, -0.2) is 0 Å². The van der Waals surface area contributed by atoms with E-state index in [0.717, 1.165) is 56.9 Å². The van der Waals surface area contributed by atoms with Gasteiger partial charge in [0, 0.05) is 37.8 Å². The maximum Gasteiger partial charge on any atom is 0.253 e. The van der Waals surface area contributed by atoms with Crippen LogP contribution in [0.5, 0.6) is 0 Å². The van der Waals surface area contributed by atoms with E-state index in [1.807, 2.05) is 18.2 Å². The quantitative estimate of drug-likeness (QED) is 0.917. The van der Waals surface area contributed by atoms with Crippen LogP contribution in [-0.2, 0) is 9.53 Å². The lowest BCUT2D eigenvalue weighted by atomic mass is 10.2. The number of halogens is 1. The summed E-state index contributed by atoms with van der Waals surface area (Å²) >= 11 is 6.14. The number of carbonyl (C=O) groups excluding carboxylic acids is 1. The van der Waals surface area contributed by atoms with Gasteiger partial charge in [0.2, 0.25) is 0 Å². The van der Waals surface area contributed by atoms with Crippen LogP contribution in [0.15, 0.2) is 18.2 Å². The number of hydrogen-bond donors (Lipinski definition) is 1. The number of benzene rings is 1. The van der Waals surface area contributed by atoms with E-state index in [0.29, 0.717) is 11.6 Å². The predicted molar refractivity (Wildman–Crippen MR) is 93.4 cm³/mol. The highest BCUT2D eigenvalue weighted by molar-refractivity contribution is 6.31. The lowest BCUT2D eigenvalue weighted by Gasteiger charge is -2.36. The van der Waals surface area contributed by atoms with Gasteiger partial charge in [-0.1, -0.05) is 18.5 Å². The number of likely N-dealkylation sites (N-methyl/N-ethyl adjacent to an activating group) is 1. The van der Waals surface area contributed by atoms with Gasteiger partial charge in [0.05, 0.1) is 11.4 Å². The minimum absolute atomic E-state index is 0.0711. The van der Waals surface area contributed by atoms with Crippen molar-refractivity contribution in [1.82, 2.24) is 4.90 Å². The van der Waals surface area contributed by atoms with E-state index in [-0.39, 0.29) is 12.0 Å². The van der Waals surface area contributed by atoms with E-state index in [4.69, 9.17) is 16.3 Å². The molecule has 2 aliphatic heterocycles. The van der Waals surface area contributed by atoms with Crippen LogP contribution in [0.1, 0.15) is 19.8 Å². The second-order valence-electron chi connectivity index (χ2n) is 6.07. The molecule has 5 nitrogen and oxygen atoms in total. The van der Waals surface area contributed by atoms with Crippen molar-refractivity contribution in [3.05, 3.63) is 23.2 Å². The zero-order valence-corrected chi connectivity index (χ0v) is 14.3. The van der Waals surface area contributed by atoms with Gasteiger partial charge >= 0.3 is 0 Å². The first-order valence-electron chi connectivity index (χ1n) is 8.36. The molecule has 3 rings (SSSR count). The van der Waals surface area contributed by atoms with Crippen molar-refractivity contribution in [3.8, 4) is 0 Å². The summed E-state index contributed by atoms with van der Waals surface area (Å²) in [7, 11) is 0. The van der Waals surface area contributed by atoms with Crippen molar-refractivity contribution in [1.29, 1.82) is 0 Å². The molecule has 1 N–H and O–H groups in total. The van der Waals surface area contributed by atoms with Crippen molar-refractivity contribution in [3.63, 3.8) is 0 Å². The summed E-state index contributed by atoms with van der Waals surface area (Å²) in [5.74, 6) is -0.0711. The maximum absolute atomic E-state index is 12.4. The molecule has 0 aromatic heterocycles. The van der Waals surface area contributed by atoms with E-state index in [9.17, 15) is 4.79 Å². The van der Waals surface area contributed by atoms with Crippen LogP contribution in [0.2, 0.25) is 5.02 Å². The Morgan fingerprint density at radius 2 is 2.13 bits per heavy atom. The first-order valence-corrected chi connectivity index (χ1v) is 8.74. The van der Waals surface area contributed by atoms with Crippen molar-refractivity contribution in [2.24, 2.45) is 0 Å². The highest BCUT2D eigenvalue weighted by Gasteiger charge is 2.25. The third-order valence-electron chi connectivity index (χ3n) is 4.60. The Labute approximate surface area is 142 Å². The molecule has 6 heteroatoms. The number of nitrogens with one attached hydrogen (secondary N) is 1. The highest BCUT2D eigenvalue weighted by atomic mass is 35.5. The van der Waals surface area contributed by atoms with Crippen molar-refractivity contribution < 1.29 is 9.53 Å². The SMILES string of the molecule is CCN1CCN(c2ccc(Cl)cc2NC(=O)C2CCCO2)CC1.